The van der Waals surface area contributed by atoms with Crippen LogP contribution in [0.15, 0.2) is 47.8 Å². The summed E-state index contributed by atoms with van der Waals surface area (Å²) in [7, 11) is 1.68. The summed E-state index contributed by atoms with van der Waals surface area (Å²) in [5.41, 5.74) is 4.08. The van der Waals surface area contributed by atoms with E-state index in [-0.39, 0.29) is 12.0 Å². The van der Waals surface area contributed by atoms with Crippen LogP contribution >= 0.6 is 22.6 Å². The molecule has 0 spiro atoms. The van der Waals surface area contributed by atoms with Crippen molar-refractivity contribution in [3.05, 3.63) is 57.4 Å². The van der Waals surface area contributed by atoms with Gasteiger partial charge in [0.1, 0.15) is 11.4 Å². The first-order chi connectivity index (χ1) is 14.6. The Labute approximate surface area is 190 Å². The fraction of sp³-hybridized carbons (Fsp3) is 0.391. The number of H-pyrrole nitrogens is 1. The molecule has 2 aromatic heterocycles. The topological polar surface area (TPSA) is 85.5 Å². The number of fused-ring (bicyclic) bond motifs is 1. The van der Waals surface area contributed by atoms with Gasteiger partial charge >= 0.3 is 0 Å². The van der Waals surface area contributed by atoms with E-state index in [2.05, 4.69) is 62.8 Å². The van der Waals surface area contributed by atoms with Crippen LogP contribution in [0.5, 0.6) is 5.75 Å². The second-order valence-corrected chi connectivity index (χ2v) is 8.92. The van der Waals surface area contributed by atoms with Gasteiger partial charge in [-0.2, -0.15) is 5.10 Å². The largest absolute Gasteiger partial charge is 0.497 e. The lowest BCUT2D eigenvalue weighted by Crippen LogP contribution is -2.23. The third-order valence-electron chi connectivity index (χ3n) is 6.11. The molecule has 1 aliphatic carbocycles. The zero-order valence-corrected chi connectivity index (χ0v) is 19.4. The molecule has 0 radical (unpaired) electrons. The molecule has 3 aromatic rings. The van der Waals surface area contributed by atoms with Crippen molar-refractivity contribution in [3.8, 4) is 5.75 Å². The van der Waals surface area contributed by atoms with E-state index in [1.165, 1.54) is 0 Å². The Balaban J connectivity index is 1.52. The van der Waals surface area contributed by atoms with Gasteiger partial charge in [-0.25, -0.2) is 4.98 Å². The van der Waals surface area contributed by atoms with Crippen molar-refractivity contribution in [2.24, 2.45) is 22.8 Å². The van der Waals surface area contributed by atoms with Crippen molar-refractivity contribution in [2.45, 2.75) is 38.9 Å². The van der Waals surface area contributed by atoms with Crippen molar-refractivity contribution < 1.29 is 9.47 Å². The molecule has 1 aromatic carbocycles. The molecule has 1 saturated carbocycles. The Morgan fingerprint density at radius 1 is 1.27 bits per heavy atom. The summed E-state index contributed by atoms with van der Waals surface area (Å²) in [6.07, 6.45) is 7.01. The average molecular weight is 518 g/mol. The Bertz CT molecular complexity index is 1030. The third kappa shape index (κ3) is 4.18. The van der Waals surface area contributed by atoms with Crippen LogP contribution in [-0.4, -0.2) is 28.9 Å². The van der Waals surface area contributed by atoms with Crippen LogP contribution in [0, 0.1) is 15.4 Å². The molecule has 4 rings (SSSR count). The van der Waals surface area contributed by atoms with E-state index in [1.54, 1.807) is 7.11 Å². The van der Waals surface area contributed by atoms with E-state index in [0.29, 0.717) is 12.5 Å². The first-order valence-corrected chi connectivity index (χ1v) is 11.4. The monoisotopic (exact) mass is 518 g/mol. The molecule has 3 unspecified atom stereocenters. The SMILES string of the molecule is CCC1CC(OCc2ccc(OC)cc2)CC1/C(=N/N)c1c(I)cnc2[nH]ccc12. The summed E-state index contributed by atoms with van der Waals surface area (Å²) < 4.78 is 12.6. The quantitative estimate of drug-likeness (QED) is 0.203. The highest BCUT2D eigenvalue weighted by atomic mass is 127. The molecule has 7 heteroatoms. The number of hydrogen-bond donors (Lipinski definition) is 2. The minimum absolute atomic E-state index is 0.194. The Morgan fingerprint density at radius 2 is 2.07 bits per heavy atom. The maximum Gasteiger partial charge on any atom is 0.137 e. The molecular weight excluding hydrogens is 491 g/mol. The number of hydrogen-bond acceptors (Lipinski definition) is 5. The fourth-order valence-electron chi connectivity index (χ4n) is 4.52. The number of aromatic nitrogens is 2. The second-order valence-electron chi connectivity index (χ2n) is 7.76. The van der Waals surface area contributed by atoms with Gasteiger partial charge in [-0.1, -0.05) is 25.5 Å². The van der Waals surface area contributed by atoms with Gasteiger partial charge in [0, 0.05) is 32.8 Å². The number of pyridine rings is 1. The average Bonchev–Trinajstić information content (AvgIpc) is 3.41. The van der Waals surface area contributed by atoms with Crippen LogP contribution in [0.2, 0.25) is 0 Å². The molecule has 3 atom stereocenters. The highest BCUT2D eigenvalue weighted by Crippen LogP contribution is 2.40. The molecule has 6 nitrogen and oxygen atoms in total. The predicted octanol–water partition coefficient (Wildman–Crippen LogP) is 4.86. The van der Waals surface area contributed by atoms with E-state index >= 15 is 0 Å². The van der Waals surface area contributed by atoms with Crippen LogP contribution in [0.4, 0.5) is 0 Å². The number of nitrogens with one attached hydrogen (secondary N) is 1. The lowest BCUT2D eigenvalue weighted by atomic mass is 9.85. The van der Waals surface area contributed by atoms with Gasteiger partial charge in [0.2, 0.25) is 0 Å². The third-order valence-corrected chi connectivity index (χ3v) is 6.93. The van der Waals surface area contributed by atoms with Gasteiger partial charge < -0.3 is 20.3 Å². The summed E-state index contributed by atoms with van der Waals surface area (Å²) in [5.74, 6) is 7.59. The molecule has 2 heterocycles. The molecule has 1 fully saturated rings. The predicted molar refractivity (Wildman–Crippen MR) is 128 cm³/mol. The maximum atomic E-state index is 6.30. The zero-order chi connectivity index (χ0) is 21.1. The van der Waals surface area contributed by atoms with E-state index in [1.807, 2.05) is 24.5 Å². The lowest BCUT2D eigenvalue weighted by molar-refractivity contribution is 0.0421. The highest BCUT2D eigenvalue weighted by Gasteiger charge is 2.38. The van der Waals surface area contributed by atoms with Crippen molar-refractivity contribution in [2.75, 3.05) is 7.11 Å². The van der Waals surface area contributed by atoms with Crippen molar-refractivity contribution in [1.82, 2.24) is 9.97 Å². The summed E-state index contributed by atoms with van der Waals surface area (Å²) >= 11 is 2.33. The number of nitrogens with zero attached hydrogens (tertiary/aromatic N) is 2. The maximum absolute atomic E-state index is 6.30. The van der Waals surface area contributed by atoms with Crippen molar-refractivity contribution in [1.29, 1.82) is 0 Å². The number of rotatable bonds is 7. The van der Waals surface area contributed by atoms with Crippen LogP contribution in [0.25, 0.3) is 11.0 Å². The van der Waals surface area contributed by atoms with Gasteiger partial charge in [-0.15, -0.1) is 0 Å². The first kappa shape index (κ1) is 21.1. The minimum Gasteiger partial charge on any atom is -0.497 e. The van der Waals surface area contributed by atoms with Gasteiger partial charge in [-0.05, 0) is 65.1 Å². The van der Waals surface area contributed by atoms with E-state index in [4.69, 9.17) is 15.3 Å². The van der Waals surface area contributed by atoms with E-state index in [0.717, 1.165) is 56.5 Å². The van der Waals surface area contributed by atoms with Crippen molar-refractivity contribution >= 4 is 39.3 Å². The summed E-state index contributed by atoms with van der Waals surface area (Å²) in [4.78, 5) is 7.68. The summed E-state index contributed by atoms with van der Waals surface area (Å²) in [5, 5.41) is 5.37. The first-order valence-electron chi connectivity index (χ1n) is 10.3. The second kappa shape index (κ2) is 9.34. The van der Waals surface area contributed by atoms with Crippen molar-refractivity contribution in [3.63, 3.8) is 0 Å². The molecule has 0 bridgehead atoms. The molecular formula is C23H27IN4O2. The molecule has 0 saturated heterocycles. The standard InChI is InChI=1S/C23H27IN4O2/c1-3-15-10-17(30-13-14-4-6-16(29-2)7-5-14)11-19(15)22(28-25)21-18-8-9-26-23(18)27-12-20(21)24/h4-9,12,15,17,19H,3,10-11,13,25H2,1-2H3,(H,26,27)/b28-22-. The van der Waals surface area contributed by atoms with Crippen LogP contribution in [0.1, 0.15) is 37.3 Å². The van der Waals surface area contributed by atoms with Crippen LogP contribution in [-0.2, 0) is 11.3 Å². The van der Waals surface area contributed by atoms with Gasteiger partial charge in [-0.3, -0.25) is 0 Å². The molecule has 1 aliphatic rings. The number of nitrogens with two attached hydrogens (primary N) is 1. The Morgan fingerprint density at radius 3 is 2.77 bits per heavy atom. The highest BCUT2D eigenvalue weighted by molar-refractivity contribution is 14.1. The molecule has 3 N–H and O–H groups in total. The fourth-order valence-corrected chi connectivity index (χ4v) is 5.23. The van der Waals surface area contributed by atoms with Gasteiger partial charge in [0.25, 0.3) is 0 Å². The number of methoxy groups -OCH3 is 1. The summed E-state index contributed by atoms with van der Waals surface area (Å²) in [6.45, 7) is 2.84. The van der Waals surface area contributed by atoms with E-state index < -0.39 is 0 Å². The Hall–Kier alpha value is -2.13. The molecule has 158 valence electrons. The Kier molecular flexibility index (Phi) is 6.58. The zero-order valence-electron chi connectivity index (χ0n) is 17.3. The summed E-state index contributed by atoms with van der Waals surface area (Å²) in [6, 6.07) is 10.1. The number of benzene rings is 1. The number of hydrazone groups is 1. The van der Waals surface area contributed by atoms with Crippen LogP contribution in [0.3, 0.4) is 0 Å². The minimum atomic E-state index is 0.194. The normalized spacial score (nSPS) is 22.0. The van der Waals surface area contributed by atoms with Gasteiger partial charge in [0.05, 0.1) is 25.5 Å². The van der Waals surface area contributed by atoms with E-state index in [9.17, 15) is 0 Å². The number of halogens is 1. The number of ether oxygens (including phenoxy) is 2. The lowest BCUT2D eigenvalue weighted by Gasteiger charge is -2.21. The molecule has 30 heavy (non-hydrogen) atoms. The van der Waals surface area contributed by atoms with Crippen LogP contribution < -0.4 is 10.6 Å². The molecule has 0 aliphatic heterocycles. The number of aromatic amines is 1. The smallest absolute Gasteiger partial charge is 0.137 e. The van der Waals surface area contributed by atoms with Gasteiger partial charge in [0.15, 0.2) is 0 Å². The molecule has 0 amide bonds.